The van der Waals surface area contributed by atoms with E-state index >= 15 is 0 Å². The van der Waals surface area contributed by atoms with Gasteiger partial charge in [0.25, 0.3) is 0 Å². The fourth-order valence-corrected chi connectivity index (χ4v) is 4.42. The molecule has 3 fully saturated rings. The Morgan fingerprint density at radius 2 is 1.88 bits per heavy atom. The van der Waals surface area contributed by atoms with Gasteiger partial charge in [-0.1, -0.05) is 0 Å². The molecule has 1 aromatic carbocycles. The third-order valence-corrected chi connectivity index (χ3v) is 5.90. The van der Waals surface area contributed by atoms with Gasteiger partial charge in [-0.05, 0) is 31.2 Å². The smallest absolute Gasteiger partial charge is 0.171 e. The summed E-state index contributed by atoms with van der Waals surface area (Å²) in [5, 5.41) is 9.47. The molecule has 3 saturated heterocycles. The van der Waals surface area contributed by atoms with Gasteiger partial charge in [0.15, 0.2) is 11.6 Å². The van der Waals surface area contributed by atoms with E-state index in [1.54, 1.807) is 0 Å². The van der Waals surface area contributed by atoms with Gasteiger partial charge in [0.05, 0.1) is 25.4 Å². The summed E-state index contributed by atoms with van der Waals surface area (Å²) in [7, 11) is 2.04. The van der Waals surface area contributed by atoms with E-state index in [1.165, 1.54) is 16.6 Å². The number of aromatic nitrogens is 2. The summed E-state index contributed by atoms with van der Waals surface area (Å²) in [5.41, 5.74) is 2.45. The Bertz CT molecular complexity index is 783. The van der Waals surface area contributed by atoms with Crippen molar-refractivity contribution in [2.75, 3.05) is 55.9 Å². The highest BCUT2D eigenvalue weighted by molar-refractivity contribution is 5.93. The lowest BCUT2D eigenvalue weighted by Crippen LogP contribution is -2.45. The average Bonchev–Trinajstić information content (AvgIpc) is 3.28. The molecule has 0 saturated carbocycles. The molecule has 0 atom stereocenters. The third-order valence-electron chi connectivity index (χ3n) is 5.90. The molecule has 140 valence electrons. The Labute approximate surface area is 153 Å². The van der Waals surface area contributed by atoms with Crippen LogP contribution < -0.4 is 15.1 Å². The molecule has 2 aromatic rings. The quantitative estimate of drug-likeness (QED) is 0.883. The zero-order valence-electron chi connectivity index (χ0n) is 15.4. The van der Waals surface area contributed by atoms with E-state index in [2.05, 4.69) is 33.3 Å². The number of aryl methyl sites for hydroxylation is 1. The van der Waals surface area contributed by atoms with E-state index in [0.29, 0.717) is 0 Å². The molecule has 3 aliphatic heterocycles. The summed E-state index contributed by atoms with van der Waals surface area (Å²) in [6.45, 7) is 6.43. The van der Waals surface area contributed by atoms with Gasteiger partial charge < -0.3 is 19.3 Å². The van der Waals surface area contributed by atoms with Gasteiger partial charge >= 0.3 is 0 Å². The van der Waals surface area contributed by atoms with Crippen LogP contribution in [-0.2, 0) is 16.5 Å². The molecule has 4 heterocycles. The molecule has 0 amide bonds. The van der Waals surface area contributed by atoms with E-state index in [9.17, 15) is 0 Å². The van der Waals surface area contributed by atoms with Gasteiger partial charge in [-0.2, -0.15) is 5.10 Å². The highest BCUT2D eigenvalue weighted by Crippen LogP contribution is 2.35. The second-order valence-electron chi connectivity index (χ2n) is 7.52. The fraction of sp³-hybridized carbons (Fsp3) is 0.632. The van der Waals surface area contributed by atoms with Gasteiger partial charge in [-0.3, -0.25) is 10.00 Å². The lowest BCUT2D eigenvalue weighted by atomic mass is 10.0. The van der Waals surface area contributed by atoms with Crippen LogP contribution in [0, 0.1) is 0 Å². The Balaban J connectivity index is 1.39. The summed E-state index contributed by atoms with van der Waals surface area (Å²) < 4.78 is 13.7. The molecule has 7 heteroatoms. The molecule has 1 N–H and O–H groups in total. The first-order valence-electron chi connectivity index (χ1n) is 9.69. The Kier molecular flexibility index (Phi) is 4.03. The standard InChI is InChI=1S/C19H27N5O2/c1-22-17-13-15(23-9-5-19(6-10-23)25-11-12-26-19)3-4-16(17)18(21-22)24-8-2-7-20-14-24/h3-4,13,20H,2,5-12,14H2,1H3. The molecule has 3 aliphatic rings. The number of piperidine rings is 1. The van der Waals surface area contributed by atoms with Crippen LogP contribution in [0.2, 0.25) is 0 Å². The fourth-order valence-electron chi connectivity index (χ4n) is 4.42. The van der Waals surface area contributed by atoms with Crippen LogP contribution in [0.25, 0.3) is 10.9 Å². The first kappa shape index (κ1) is 16.4. The minimum Gasteiger partial charge on any atom is -0.371 e. The first-order chi connectivity index (χ1) is 12.7. The van der Waals surface area contributed by atoms with Gasteiger partial charge in [-0.25, -0.2) is 0 Å². The number of rotatable bonds is 2. The minimum absolute atomic E-state index is 0.318. The molecule has 0 radical (unpaired) electrons. The van der Waals surface area contributed by atoms with E-state index < -0.39 is 0 Å². The molecule has 1 spiro atoms. The van der Waals surface area contributed by atoms with Crippen LogP contribution >= 0.6 is 0 Å². The molecular formula is C19H27N5O2. The number of ether oxygens (including phenoxy) is 2. The van der Waals surface area contributed by atoms with Gasteiger partial charge in [0, 0.05) is 50.6 Å². The Morgan fingerprint density at radius 1 is 1.08 bits per heavy atom. The maximum absolute atomic E-state index is 5.85. The van der Waals surface area contributed by atoms with Gasteiger partial charge in [0.2, 0.25) is 0 Å². The van der Waals surface area contributed by atoms with Gasteiger partial charge in [0.1, 0.15) is 0 Å². The Morgan fingerprint density at radius 3 is 2.62 bits per heavy atom. The van der Waals surface area contributed by atoms with Crippen molar-refractivity contribution in [1.29, 1.82) is 0 Å². The molecule has 0 unspecified atom stereocenters. The SMILES string of the molecule is Cn1nc(N2CCCNC2)c2ccc(N3CCC4(CC3)OCCO4)cc21. The first-order valence-corrected chi connectivity index (χ1v) is 9.69. The highest BCUT2D eigenvalue weighted by atomic mass is 16.7. The second-order valence-corrected chi connectivity index (χ2v) is 7.52. The van der Waals surface area contributed by atoms with Crippen molar-refractivity contribution in [1.82, 2.24) is 15.1 Å². The lowest BCUT2D eigenvalue weighted by Gasteiger charge is -2.38. The predicted molar refractivity (Wildman–Crippen MR) is 102 cm³/mol. The van der Waals surface area contributed by atoms with Crippen LogP contribution in [0.4, 0.5) is 11.5 Å². The molecule has 0 aliphatic carbocycles. The van der Waals surface area contributed by atoms with Crippen LogP contribution in [0.15, 0.2) is 18.2 Å². The Hall–Kier alpha value is -1.83. The number of fused-ring (bicyclic) bond motifs is 1. The number of anilines is 2. The molecule has 5 rings (SSSR count). The third kappa shape index (κ3) is 2.74. The number of nitrogens with zero attached hydrogens (tertiary/aromatic N) is 4. The summed E-state index contributed by atoms with van der Waals surface area (Å²) >= 11 is 0. The van der Waals surface area contributed by atoms with Crippen LogP contribution in [0.1, 0.15) is 19.3 Å². The van der Waals surface area contributed by atoms with Crippen molar-refractivity contribution in [3.05, 3.63) is 18.2 Å². The second kappa shape index (κ2) is 6.40. The zero-order valence-corrected chi connectivity index (χ0v) is 15.4. The van der Waals surface area contributed by atoms with Crippen molar-refractivity contribution in [2.24, 2.45) is 7.05 Å². The number of benzene rings is 1. The van der Waals surface area contributed by atoms with Crippen molar-refractivity contribution in [3.8, 4) is 0 Å². The van der Waals surface area contributed by atoms with E-state index in [0.717, 1.165) is 71.1 Å². The van der Waals surface area contributed by atoms with Crippen molar-refractivity contribution < 1.29 is 9.47 Å². The summed E-state index contributed by atoms with van der Waals surface area (Å²) in [6, 6.07) is 6.74. The van der Waals surface area contributed by atoms with Crippen LogP contribution in [0.3, 0.4) is 0 Å². The maximum atomic E-state index is 5.85. The maximum Gasteiger partial charge on any atom is 0.171 e. The average molecular weight is 357 g/mol. The number of nitrogens with one attached hydrogen (secondary N) is 1. The monoisotopic (exact) mass is 357 g/mol. The van der Waals surface area contributed by atoms with Crippen molar-refractivity contribution >= 4 is 22.4 Å². The van der Waals surface area contributed by atoms with Crippen molar-refractivity contribution in [2.45, 2.75) is 25.0 Å². The zero-order chi connectivity index (χ0) is 17.6. The summed E-state index contributed by atoms with van der Waals surface area (Å²) in [6.07, 6.45) is 3.03. The number of hydrogen-bond donors (Lipinski definition) is 1. The summed E-state index contributed by atoms with van der Waals surface area (Å²) in [5.74, 6) is 0.772. The van der Waals surface area contributed by atoms with E-state index in [1.807, 2.05) is 11.7 Å². The number of hydrogen-bond acceptors (Lipinski definition) is 6. The molecule has 1 aromatic heterocycles. The predicted octanol–water partition coefficient (Wildman–Crippen LogP) is 1.67. The topological polar surface area (TPSA) is 54.8 Å². The molecule has 26 heavy (non-hydrogen) atoms. The minimum atomic E-state index is -0.318. The molecule has 0 bridgehead atoms. The van der Waals surface area contributed by atoms with E-state index in [4.69, 9.17) is 14.6 Å². The van der Waals surface area contributed by atoms with Crippen LogP contribution in [-0.4, -0.2) is 61.6 Å². The largest absolute Gasteiger partial charge is 0.371 e. The van der Waals surface area contributed by atoms with Crippen molar-refractivity contribution in [3.63, 3.8) is 0 Å². The highest BCUT2D eigenvalue weighted by Gasteiger charge is 2.39. The lowest BCUT2D eigenvalue weighted by molar-refractivity contribution is -0.169. The van der Waals surface area contributed by atoms with Gasteiger partial charge in [-0.15, -0.1) is 0 Å². The van der Waals surface area contributed by atoms with E-state index in [-0.39, 0.29) is 5.79 Å². The molecular weight excluding hydrogens is 330 g/mol. The van der Waals surface area contributed by atoms with Crippen LogP contribution in [0.5, 0.6) is 0 Å². The summed E-state index contributed by atoms with van der Waals surface area (Å²) in [4.78, 5) is 4.77. The molecule has 7 nitrogen and oxygen atoms in total. The normalized spacial score (nSPS) is 23.3.